The number of halogens is 2. The van der Waals surface area contributed by atoms with Crippen molar-refractivity contribution in [1.29, 1.82) is 0 Å². The molecule has 1 heterocycles. The molecule has 0 spiro atoms. The minimum absolute atomic E-state index is 0.0253. The second-order valence-corrected chi connectivity index (χ2v) is 6.76. The fraction of sp³-hybridized carbons (Fsp3) is 0.529. The molecule has 0 aliphatic carbocycles. The Balaban J connectivity index is 2.17. The molecular weight excluding hydrogens is 304 g/mol. The lowest BCUT2D eigenvalue weighted by Crippen LogP contribution is -2.49. The van der Waals surface area contributed by atoms with Crippen LogP contribution < -0.4 is 0 Å². The van der Waals surface area contributed by atoms with Crippen LogP contribution in [0, 0.1) is 11.6 Å². The van der Waals surface area contributed by atoms with Gasteiger partial charge in [0, 0.05) is 31.5 Å². The van der Waals surface area contributed by atoms with Gasteiger partial charge < -0.3 is 9.64 Å². The Labute approximate surface area is 134 Å². The predicted octanol–water partition coefficient (Wildman–Crippen LogP) is 3.48. The summed E-state index contributed by atoms with van der Waals surface area (Å²) in [4.78, 5) is 25.5. The molecule has 1 aliphatic rings. The topological polar surface area (TPSA) is 46.6 Å². The Hall–Kier alpha value is -1.98. The van der Waals surface area contributed by atoms with Gasteiger partial charge in [-0.25, -0.2) is 13.6 Å². The zero-order chi connectivity index (χ0) is 17.2. The molecule has 4 nitrogen and oxygen atoms in total. The molecule has 1 unspecified atom stereocenters. The Morgan fingerprint density at radius 3 is 2.65 bits per heavy atom. The number of benzene rings is 1. The summed E-state index contributed by atoms with van der Waals surface area (Å²) < 4.78 is 32.2. The number of Topliss-reactive ketones (excluding diaryl/α,β-unsaturated/α-hetero) is 1. The van der Waals surface area contributed by atoms with Gasteiger partial charge in [0.15, 0.2) is 0 Å². The number of ether oxygens (including phenoxy) is 1. The van der Waals surface area contributed by atoms with E-state index in [9.17, 15) is 18.4 Å². The van der Waals surface area contributed by atoms with Crippen LogP contribution in [0.4, 0.5) is 13.6 Å². The lowest BCUT2D eigenvalue weighted by molar-refractivity contribution is -0.122. The zero-order valence-electron chi connectivity index (χ0n) is 13.6. The molecular formula is C17H21F2NO3. The predicted molar refractivity (Wildman–Crippen MR) is 81.0 cm³/mol. The first-order chi connectivity index (χ1) is 10.7. The van der Waals surface area contributed by atoms with Crippen molar-refractivity contribution >= 4 is 11.9 Å². The second-order valence-electron chi connectivity index (χ2n) is 6.76. The van der Waals surface area contributed by atoms with E-state index in [1.807, 2.05) is 0 Å². The summed E-state index contributed by atoms with van der Waals surface area (Å²) in [5, 5.41) is 0. The number of amides is 1. The summed E-state index contributed by atoms with van der Waals surface area (Å²) in [6, 6.07) is 2.83. The monoisotopic (exact) mass is 325 g/mol. The number of rotatable bonds is 2. The third kappa shape index (κ3) is 4.74. The van der Waals surface area contributed by atoms with Crippen LogP contribution >= 0.6 is 0 Å². The fourth-order valence-corrected chi connectivity index (χ4v) is 2.59. The number of piperidine rings is 1. The van der Waals surface area contributed by atoms with Crippen molar-refractivity contribution in [1.82, 2.24) is 4.90 Å². The van der Waals surface area contributed by atoms with Crippen LogP contribution in [0.25, 0.3) is 0 Å². The number of hydrogen-bond acceptors (Lipinski definition) is 3. The summed E-state index contributed by atoms with van der Waals surface area (Å²) in [5.41, 5.74) is -0.371. The highest BCUT2D eigenvalue weighted by molar-refractivity contribution is 5.82. The minimum Gasteiger partial charge on any atom is -0.444 e. The Kier molecular flexibility index (Phi) is 5.02. The summed E-state index contributed by atoms with van der Waals surface area (Å²) in [5.74, 6) is -1.31. The maximum atomic E-state index is 13.8. The van der Waals surface area contributed by atoms with Gasteiger partial charge in [-0.2, -0.15) is 0 Å². The molecule has 1 saturated heterocycles. The highest BCUT2D eigenvalue weighted by atomic mass is 19.1. The smallest absolute Gasteiger partial charge is 0.410 e. The quantitative estimate of drug-likeness (QED) is 0.836. The molecule has 0 bridgehead atoms. The molecule has 2 rings (SSSR count). The van der Waals surface area contributed by atoms with E-state index in [1.54, 1.807) is 20.8 Å². The zero-order valence-corrected chi connectivity index (χ0v) is 13.6. The maximum absolute atomic E-state index is 13.8. The van der Waals surface area contributed by atoms with E-state index in [2.05, 4.69) is 0 Å². The molecule has 0 saturated carbocycles. The second kappa shape index (κ2) is 6.64. The fourth-order valence-electron chi connectivity index (χ4n) is 2.59. The van der Waals surface area contributed by atoms with E-state index < -0.39 is 29.4 Å². The van der Waals surface area contributed by atoms with Crippen LogP contribution in [-0.4, -0.2) is 35.0 Å². The summed E-state index contributed by atoms with van der Waals surface area (Å²) in [6.07, 6.45) is 0.0481. The van der Waals surface area contributed by atoms with Crippen LogP contribution in [0.5, 0.6) is 0 Å². The summed E-state index contributed by atoms with van der Waals surface area (Å²) in [6.45, 7) is 5.53. The lowest BCUT2D eigenvalue weighted by Gasteiger charge is -2.36. The molecule has 6 heteroatoms. The van der Waals surface area contributed by atoms with Gasteiger partial charge in [0.25, 0.3) is 0 Å². The molecule has 1 amide bonds. The Morgan fingerprint density at radius 1 is 1.35 bits per heavy atom. The Morgan fingerprint density at radius 2 is 2.04 bits per heavy atom. The van der Waals surface area contributed by atoms with Gasteiger partial charge in [0.05, 0.1) is 0 Å². The molecule has 1 fully saturated rings. The van der Waals surface area contributed by atoms with Crippen molar-refractivity contribution in [3.8, 4) is 0 Å². The minimum atomic E-state index is -0.674. The van der Waals surface area contributed by atoms with Crippen LogP contribution in [0.2, 0.25) is 0 Å². The first-order valence-electron chi connectivity index (χ1n) is 7.61. The molecule has 126 valence electrons. The van der Waals surface area contributed by atoms with Crippen molar-refractivity contribution in [2.45, 2.75) is 51.7 Å². The molecule has 1 aliphatic heterocycles. The first kappa shape index (κ1) is 17.4. The van der Waals surface area contributed by atoms with Crippen molar-refractivity contribution in [2.75, 3.05) is 6.54 Å². The van der Waals surface area contributed by atoms with Gasteiger partial charge in [-0.1, -0.05) is 6.07 Å². The molecule has 1 aromatic rings. The molecule has 0 N–H and O–H groups in total. The van der Waals surface area contributed by atoms with Gasteiger partial charge in [-0.05, 0) is 38.8 Å². The van der Waals surface area contributed by atoms with Crippen LogP contribution in [0.3, 0.4) is 0 Å². The van der Waals surface area contributed by atoms with Gasteiger partial charge in [0.1, 0.15) is 23.0 Å². The number of nitrogens with zero attached hydrogens (tertiary/aromatic N) is 1. The van der Waals surface area contributed by atoms with E-state index in [0.29, 0.717) is 0 Å². The highest BCUT2D eigenvalue weighted by Crippen LogP contribution is 2.23. The number of likely N-dealkylation sites (tertiary alicyclic amines) is 1. The molecule has 0 aromatic heterocycles. The molecule has 1 atom stereocenters. The highest BCUT2D eigenvalue weighted by Gasteiger charge is 2.33. The van der Waals surface area contributed by atoms with E-state index in [4.69, 9.17) is 4.74 Å². The largest absolute Gasteiger partial charge is 0.444 e. The number of carbonyl (C=O) groups excluding carboxylic acids is 2. The van der Waals surface area contributed by atoms with E-state index in [0.717, 1.165) is 6.07 Å². The van der Waals surface area contributed by atoms with E-state index >= 15 is 0 Å². The summed E-state index contributed by atoms with van der Waals surface area (Å²) >= 11 is 0. The van der Waals surface area contributed by atoms with Gasteiger partial charge in [0.2, 0.25) is 0 Å². The third-order valence-electron chi connectivity index (χ3n) is 3.63. The van der Waals surface area contributed by atoms with Crippen LogP contribution in [-0.2, 0) is 16.0 Å². The summed E-state index contributed by atoms with van der Waals surface area (Å²) in [7, 11) is 0. The van der Waals surface area contributed by atoms with Gasteiger partial charge >= 0.3 is 6.09 Å². The van der Waals surface area contributed by atoms with Crippen LogP contribution in [0.1, 0.15) is 39.2 Å². The van der Waals surface area contributed by atoms with Gasteiger partial charge in [-0.15, -0.1) is 0 Å². The van der Waals surface area contributed by atoms with Crippen molar-refractivity contribution in [2.24, 2.45) is 0 Å². The van der Waals surface area contributed by atoms with Crippen molar-refractivity contribution in [3.05, 3.63) is 35.4 Å². The standard InChI is InChI=1S/C17H21F2NO3/c1-17(2,3)23-16(22)20-7-6-14(21)10-13(20)8-11-4-5-12(18)9-15(11)19/h4-5,9,13H,6-8,10H2,1-3H3. The number of hydrogen-bond donors (Lipinski definition) is 0. The maximum Gasteiger partial charge on any atom is 0.410 e. The average molecular weight is 325 g/mol. The molecule has 23 heavy (non-hydrogen) atoms. The van der Waals surface area contributed by atoms with Gasteiger partial charge in [-0.3, -0.25) is 4.79 Å². The molecule has 0 radical (unpaired) electrons. The van der Waals surface area contributed by atoms with E-state index in [-0.39, 0.29) is 37.2 Å². The first-order valence-corrected chi connectivity index (χ1v) is 7.61. The van der Waals surface area contributed by atoms with Crippen molar-refractivity contribution in [3.63, 3.8) is 0 Å². The SMILES string of the molecule is CC(C)(C)OC(=O)N1CCC(=O)CC1Cc1ccc(F)cc1F. The van der Waals surface area contributed by atoms with Crippen molar-refractivity contribution < 1.29 is 23.1 Å². The average Bonchev–Trinajstić information content (AvgIpc) is 2.40. The Bertz CT molecular complexity index is 610. The third-order valence-corrected chi connectivity index (χ3v) is 3.63. The number of carbonyl (C=O) groups is 2. The number of ketones is 1. The van der Waals surface area contributed by atoms with Crippen LogP contribution in [0.15, 0.2) is 18.2 Å². The normalized spacial score (nSPS) is 18.9. The molecule has 1 aromatic carbocycles. The lowest BCUT2D eigenvalue weighted by atomic mass is 9.95. The van der Waals surface area contributed by atoms with E-state index in [1.165, 1.54) is 17.0 Å².